The van der Waals surface area contributed by atoms with Crippen LogP contribution in [-0.2, 0) is 0 Å². The van der Waals surface area contributed by atoms with E-state index in [2.05, 4.69) is 32.6 Å². The molecule has 1 aliphatic rings. The van der Waals surface area contributed by atoms with E-state index in [0.29, 0.717) is 17.1 Å². The maximum atomic E-state index is 6.06. The lowest BCUT2D eigenvalue weighted by Gasteiger charge is -2.26. The van der Waals surface area contributed by atoms with Crippen molar-refractivity contribution < 1.29 is 4.74 Å². The molecule has 0 atom stereocenters. The van der Waals surface area contributed by atoms with Gasteiger partial charge in [-0.2, -0.15) is 0 Å². The van der Waals surface area contributed by atoms with Crippen molar-refractivity contribution in [1.82, 2.24) is 9.97 Å². The van der Waals surface area contributed by atoms with E-state index >= 15 is 0 Å². The number of pyridine rings is 2. The van der Waals surface area contributed by atoms with E-state index in [1.807, 2.05) is 12.3 Å². The first-order chi connectivity index (χ1) is 9.61. The molecule has 0 amide bonds. The van der Waals surface area contributed by atoms with E-state index < -0.39 is 0 Å². The van der Waals surface area contributed by atoms with Crippen LogP contribution in [0.2, 0.25) is 5.15 Å². The average molecular weight is 404 g/mol. The Morgan fingerprint density at radius 2 is 2.00 bits per heavy atom. The van der Waals surface area contributed by atoms with Crippen LogP contribution in [0, 0.1) is 3.57 Å². The highest BCUT2D eigenvalue weighted by atomic mass is 127. The standard InChI is InChI=1S/C14H15ClIN3O/c15-13-6-12-11(5-8(16)7-18-12)14(19-13)20-10-3-1-9(17)2-4-10/h5-7,9-10H,1-4,17H2. The molecular formula is C14H15ClIN3O. The highest BCUT2D eigenvalue weighted by Gasteiger charge is 2.21. The molecule has 2 heterocycles. The number of fused-ring (bicyclic) bond motifs is 1. The summed E-state index contributed by atoms with van der Waals surface area (Å²) < 4.78 is 7.11. The molecule has 0 aliphatic heterocycles. The van der Waals surface area contributed by atoms with Gasteiger partial charge in [0.1, 0.15) is 11.3 Å². The van der Waals surface area contributed by atoms with Gasteiger partial charge in [0.05, 0.1) is 10.9 Å². The molecule has 0 saturated heterocycles. The molecule has 2 aromatic rings. The molecular weight excluding hydrogens is 389 g/mol. The molecule has 4 nitrogen and oxygen atoms in total. The van der Waals surface area contributed by atoms with E-state index in [1.54, 1.807) is 6.07 Å². The summed E-state index contributed by atoms with van der Waals surface area (Å²) in [5.41, 5.74) is 6.73. The maximum Gasteiger partial charge on any atom is 0.224 e. The fourth-order valence-corrected chi connectivity index (χ4v) is 3.12. The minimum absolute atomic E-state index is 0.168. The molecule has 2 N–H and O–H groups in total. The molecule has 0 radical (unpaired) electrons. The van der Waals surface area contributed by atoms with Crippen molar-refractivity contribution in [2.45, 2.75) is 37.8 Å². The van der Waals surface area contributed by atoms with Crippen molar-refractivity contribution in [3.63, 3.8) is 0 Å². The second-order valence-electron chi connectivity index (χ2n) is 5.12. The van der Waals surface area contributed by atoms with Crippen LogP contribution in [0.5, 0.6) is 5.88 Å². The SMILES string of the molecule is NC1CCC(Oc2nc(Cl)cc3ncc(I)cc23)CC1. The van der Waals surface area contributed by atoms with Crippen LogP contribution in [0.3, 0.4) is 0 Å². The van der Waals surface area contributed by atoms with Crippen molar-refractivity contribution in [3.8, 4) is 5.88 Å². The number of hydrogen-bond donors (Lipinski definition) is 1. The molecule has 0 aromatic carbocycles. The number of rotatable bonds is 2. The molecule has 0 unspecified atom stereocenters. The van der Waals surface area contributed by atoms with Crippen LogP contribution in [0.4, 0.5) is 0 Å². The third kappa shape index (κ3) is 3.15. The van der Waals surface area contributed by atoms with Crippen LogP contribution in [0.1, 0.15) is 25.7 Å². The quantitative estimate of drug-likeness (QED) is 0.615. The summed E-state index contributed by atoms with van der Waals surface area (Å²) in [6.07, 6.45) is 5.91. The number of nitrogens with zero attached hydrogens (tertiary/aromatic N) is 2. The molecule has 1 saturated carbocycles. The highest BCUT2D eigenvalue weighted by molar-refractivity contribution is 14.1. The zero-order valence-electron chi connectivity index (χ0n) is 10.9. The molecule has 1 aliphatic carbocycles. The molecule has 0 spiro atoms. The van der Waals surface area contributed by atoms with Gasteiger partial charge >= 0.3 is 0 Å². The largest absolute Gasteiger partial charge is 0.474 e. The van der Waals surface area contributed by atoms with Crippen LogP contribution in [-0.4, -0.2) is 22.1 Å². The summed E-state index contributed by atoms with van der Waals surface area (Å²) in [7, 11) is 0. The fraction of sp³-hybridized carbons (Fsp3) is 0.429. The molecule has 3 rings (SSSR count). The van der Waals surface area contributed by atoms with Crippen molar-refractivity contribution >= 4 is 45.1 Å². The first-order valence-corrected chi connectivity index (χ1v) is 8.11. The third-order valence-electron chi connectivity index (χ3n) is 3.58. The number of halogens is 2. The Labute approximate surface area is 136 Å². The van der Waals surface area contributed by atoms with Crippen LogP contribution < -0.4 is 10.5 Å². The number of aromatic nitrogens is 2. The average Bonchev–Trinajstić information content (AvgIpc) is 2.42. The third-order valence-corrected chi connectivity index (χ3v) is 4.36. The molecule has 0 bridgehead atoms. The van der Waals surface area contributed by atoms with Gasteiger partial charge in [0.15, 0.2) is 0 Å². The normalized spacial score (nSPS) is 22.9. The van der Waals surface area contributed by atoms with E-state index in [-0.39, 0.29) is 6.10 Å². The summed E-state index contributed by atoms with van der Waals surface area (Å²) in [6.45, 7) is 0. The fourth-order valence-electron chi connectivity index (χ4n) is 2.49. The van der Waals surface area contributed by atoms with E-state index in [1.165, 1.54) is 0 Å². The first-order valence-electron chi connectivity index (χ1n) is 6.66. The second kappa shape index (κ2) is 5.99. The second-order valence-corrected chi connectivity index (χ2v) is 6.76. The van der Waals surface area contributed by atoms with E-state index in [0.717, 1.165) is 40.2 Å². The molecule has 2 aromatic heterocycles. The van der Waals surface area contributed by atoms with E-state index in [4.69, 9.17) is 22.1 Å². The minimum Gasteiger partial charge on any atom is -0.474 e. The minimum atomic E-state index is 0.168. The lowest BCUT2D eigenvalue weighted by atomic mass is 9.94. The number of hydrogen-bond acceptors (Lipinski definition) is 4. The van der Waals surface area contributed by atoms with Crippen molar-refractivity contribution in [3.05, 3.63) is 27.1 Å². The summed E-state index contributed by atoms with van der Waals surface area (Å²) in [5.74, 6) is 0.582. The van der Waals surface area contributed by atoms with Gasteiger partial charge in [-0.3, -0.25) is 4.98 Å². The lowest BCUT2D eigenvalue weighted by Crippen LogP contribution is -2.31. The highest BCUT2D eigenvalue weighted by Crippen LogP contribution is 2.30. The Hall–Kier alpha value is -0.660. The Morgan fingerprint density at radius 1 is 1.25 bits per heavy atom. The predicted molar refractivity (Wildman–Crippen MR) is 88.1 cm³/mol. The Morgan fingerprint density at radius 3 is 2.75 bits per heavy atom. The van der Waals surface area contributed by atoms with Gasteiger partial charge in [-0.05, 0) is 54.3 Å². The van der Waals surface area contributed by atoms with Gasteiger partial charge in [-0.1, -0.05) is 11.6 Å². The zero-order chi connectivity index (χ0) is 14.1. The van der Waals surface area contributed by atoms with Crippen molar-refractivity contribution in [1.29, 1.82) is 0 Å². The van der Waals surface area contributed by atoms with Gasteiger partial charge in [0.25, 0.3) is 0 Å². The summed E-state index contributed by atoms with van der Waals surface area (Å²) >= 11 is 8.28. The van der Waals surface area contributed by atoms with E-state index in [9.17, 15) is 0 Å². The maximum absolute atomic E-state index is 6.06. The molecule has 1 fully saturated rings. The molecule has 20 heavy (non-hydrogen) atoms. The van der Waals surface area contributed by atoms with Crippen LogP contribution in [0.15, 0.2) is 18.3 Å². The van der Waals surface area contributed by atoms with Gasteiger partial charge in [0.2, 0.25) is 5.88 Å². The van der Waals surface area contributed by atoms with Crippen LogP contribution >= 0.6 is 34.2 Å². The number of nitrogens with two attached hydrogens (primary N) is 1. The zero-order valence-corrected chi connectivity index (χ0v) is 13.8. The van der Waals surface area contributed by atoms with Crippen molar-refractivity contribution in [2.24, 2.45) is 5.73 Å². The van der Waals surface area contributed by atoms with Gasteiger partial charge in [-0.25, -0.2) is 4.98 Å². The van der Waals surface area contributed by atoms with Gasteiger partial charge < -0.3 is 10.5 Å². The summed E-state index contributed by atoms with van der Waals surface area (Å²) in [5, 5.41) is 1.32. The van der Waals surface area contributed by atoms with Crippen LogP contribution in [0.25, 0.3) is 10.9 Å². The number of ether oxygens (including phenoxy) is 1. The first kappa shape index (κ1) is 14.3. The smallest absolute Gasteiger partial charge is 0.224 e. The monoisotopic (exact) mass is 403 g/mol. The predicted octanol–water partition coefficient (Wildman–Crippen LogP) is 3.54. The lowest BCUT2D eigenvalue weighted by molar-refractivity contribution is 0.143. The van der Waals surface area contributed by atoms with Gasteiger partial charge in [-0.15, -0.1) is 0 Å². The Balaban J connectivity index is 1.92. The van der Waals surface area contributed by atoms with Crippen molar-refractivity contribution in [2.75, 3.05) is 0 Å². The Bertz CT molecular complexity index is 629. The topological polar surface area (TPSA) is 61.0 Å². The molecule has 106 valence electrons. The summed E-state index contributed by atoms with van der Waals surface area (Å²) in [6, 6.07) is 4.09. The van der Waals surface area contributed by atoms with Gasteiger partial charge in [0, 0.05) is 21.9 Å². The molecule has 6 heteroatoms. The summed E-state index contributed by atoms with van der Waals surface area (Å²) in [4.78, 5) is 8.70. The Kier molecular flexibility index (Phi) is 4.28.